The van der Waals surface area contributed by atoms with Crippen LogP contribution in [0.1, 0.15) is 28.2 Å². The molecule has 0 spiro atoms. The molecule has 0 aliphatic heterocycles. The van der Waals surface area contributed by atoms with Crippen LogP contribution in [0.4, 0.5) is 4.39 Å². The Balaban J connectivity index is 1.68. The highest BCUT2D eigenvalue weighted by Gasteiger charge is 2.09. The molecule has 2 rings (SSSR count). The first kappa shape index (κ1) is 20.0. The molecule has 0 bridgehead atoms. The van der Waals surface area contributed by atoms with Gasteiger partial charge < -0.3 is 15.4 Å². The number of halogens is 1. The summed E-state index contributed by atoms with van der Waals surface area (Å²) >= 11 is 0. The average Bonchev–Trinajstić information content (AvgIpc) is 2.63. The summed E-state index contributed by atoms with van der Waals surface area (Å²) in [5.41, 5.74) is 1.83. The summed E-state index contributed by atoms with van der Waals surface area (Å²) in [6.45, 7) is 7.19. The van der Waals surface area contributed by atoms with E-state index in [1.54, 1.807) is 26.0 Å². The number of rotatable bonds is 8. The fourth-order valence-corrected chi connectivity index (χ4v) is 2.01. The molecule has 1 aromatic carbocycles. The zero-order chi connectivity index (χ0) is 19.8. The maximum atomic E-state index is 13.4. The number of benzene rings is 1. The van der Waals surface area contributed by atoms with E-state index in [0.717, 1.165) is 0 Å². The lowest BCUT2D eigenvalue weighted by Crippen LogP contribution is -2.31. The summed E-state index contributed by atoms with van der Waals surface area (Å²) in [5.74, 6) is -0.884. The first-order chi connectivity index (χ1) is 12.8. The predicted molar refractivity (Wildman–Crippen MR) is 97.6 cm³/mol. The largest absolute Gasteiger partial charge is 0.484 e. The van der Waals surface area contributed by atoms with Crippen molar-refractivity contribution in [1.82, 2.24) is 20.6 Å². The number of nitrogens with zero attached hydrogens (tertiary/aromatic N) is 2. The van der Waals surface area contributed by atoms with Crippen LogP contribution in [0.2, 0.25) is 0 Å². The van der Waals surface area contributed by atoms with Crippen LogP contribution in [0.3, 0.4) is 0 Å². The van der Waals surface area contributed by atoms with E-state index in [1.807, 2.05) is 0 Å². The average molecular weight is 372 g/mol. The molecule has 0 aliphatic rings. The minimum atomic E-state index is -0.413. The molecule has 7 nitrogen and oxygen atoms in total. The van der Waals surface area contributed by atoms with Crippen molar-refractivity contribution in [2.75, 3.05) is 13.2 Å². The van der Waals surface area contributed by atoms with Crippen molar-refractivity contribution in [2.24, 2.45) is 0 Å². The van der Waals surface area contributed by atoms with Gasteiger partial charge in [0, 0.05) is 30.9 Å². The van der Waals surface area contributed by atoms with Gasteiger partial charge in [0.05, 0.1) is 11.9 Å². The lowest BCUT2D eigenvalue weighted by atomic mass is 10.2. The molecule has 0 fully saturated rings. The highest BCUT2D eigenvalue weighted by atomic mass is 19.1. The Morgan fingerprint density at radius 2 is 2.00 bits per heavy atom. The Morgan fingerprint density at radius 1 is 1.22 bits per heavy atom. The summed E-state index contributed by atoms with van der Waals surface area (Å²) in [6.07, 6.45) is 3.22. The number of carbonyl (C=O) groups excluding carboxylic acids is 2. The van der Waals surface area contributed by atoms with Crippen molar-refractivity contribution >= 4 is 11.8 Å². The number of carbonyl (C=O) groups is 2. The molecule has 0 saturated carbocycles. The molecular formula is C19H21FN4O3. The Morgan fingerprint density at radius 3 is 2.67 bits per heavy atom. The first-order valence-electron chi connectivity index (χ1n) is 8.28. The smallest absolute Gasteiger partial charge is 0.275 e. The number of amides is 2. The van der Waals surface area contributed by atoms with E-state index >= 15 is 0 Å². The fraction of sp³-hybridized carbons (Fsp3) is 0.263. The zero-order valence-electron chi connectivity index (χ0n) is 15.2. The molecule has 0 aliphatic carbocycles. The number of hydrogen-bond acceptors (Lipinski definition) is 5. The second kappa shape index (κ2) is 9.42. The Labute approximate surface area is 156 Å². The second-order valence-corrected chi connectivity index (χ2v) is 5.90. The van der Waals surface area contributed by atoms with Crippen LogP contribution in [-0.4, -0.2) is 34.9 Å². The molecule has 27 heavy (non-hydrogen) atoms. The number of nitrogens with one attached hydrogen (secondary N) is 2. The molecule has 0 unspecified atom stereocenters. The van der Waals surface area contributed by atoms with Crippen LogP contribution in [-0.2, 0) is 4.79 Å². The molecule has 0 radical (unpaired) electrons. The van der Waals surface area contributed by atoms with Gasteiger partial charge >= 0.3 is 0 Å². The summed E-state index contributed by atoms with van der Waals surface area (Å²) in [5, 5.41) is 5.23. The number of hydrogen-bond donors (Lipinski definition) is 2. The van der Waals surface area contributed by atoms with Gasteiger partial charge in [0.15, 0.2) is 6.61 Å². The molecule has 1 aromatic heterocycles. The van der Waals surface area contributed by atoms with Gasteiger partial charge in [0.1, 0.15) is 17.3 Å². The Bertz CT molecular complexity index is 837. The van der Waals surface area contributed by atoms with Gasteiger partial charge in [-0.25, -0.2) is 9.37 Å². The normalized spacial score (nSPS) is 10.2. The SMILES string of the molecule is C=C(CCNC(=O)COc1ccc(C)c(F)c1)NC(=O)c1cnc(C)cn1. The molecule has 2 aromatic rings. The summed E-state index contributed by atoms with van der Waals surface area (Å²) in [6, 6.07) is 4.40. The minimum absolute atomic E-state index is 0.185. The van der Waals surface area contributed by atoms with Crippen molar-refractivity contribution < 1.29 is 18.7 Å². The molecular weight excluding hydrogens is 351 g/mol. The van der Waals surface area contributed by atoms with Crippen molar-refractivity contribution in [1.29, 1.82) is 0 Å². The molecule has 142 valence electrons. The number of aryl methyl sites for hydroxylation is 2. The van der Waals surface area contributed by atoms with Crippen LogP contribution in [0, 0.1) is 19.7 Å². The highest BCUT2D eigenvalue weighted by Crippen LogP contribution is 2.15. The lowest BCUT2D eigenvalue weighted by Gasteiger charge is -2.10. The second-order valence-electron chi connectivity index (χ2n) is 5.90. The highest BCUT2D eigenvalue weighted by molar-refractivity contribution is 5.93. The van der Waals surface area contributed by atoms with Crippen LogP contribution in [0.15, 0.2) is 42.9 Å². The van der Waals surface area contributed by atoms with Crippen LogP contribution in [0.25, 0.3) is 0 Å². The zero-order valence-corrected chi connectivity index (χ0v) is 15.2. The van der Waals surface area contributed by atoms with Gasteiger partial charge in [-0.2, -0.15) is 0 Å². The third kappa shape index (κ3) is 6.50. The topological polar surface area (TPSA) is 93.2 Å². The first-order valence-corrected chi connectivity index (χ1v) is 8.28. The number of ether oxygens (including phenoxy) is 1. The van der Waals surface area contributed by atoms with E-state index in [1.165, 1.54) is 18.5 Å². The molecule has 0 atom stereocenters. The number of aromatic nitrogens is 2. The van der Waals surface area contributed by atoms with Crippen molar-refractivity contribution in [3.63, 3.8) is 0 Å². The predicted octanol–water partition coefficient (Wildman–Crippen LogP) is 2.06. The lowest BCUT2D eigenvalue weighted by molar-refractivity contribution is -0.123. The van der Waals surface area contributed by atoms with Crippen molar-refractivity contribution in [2.45, 2.75) is 20.3 Å². The van der Waals surface area contributed by atoms with Gasteiger partial charge in [0.25, 0.3) is 11.8 Å². The van der Waals surface area contributed by atoms with Crippen molar-refractivity contribution in [3.8, 4) is 5.75 Å². The third-order valence-electron chi connectivity index (χ3n) is 3.57. The molecule has 0 saturated heterocycles. The van der Waals surface area contributed by atoms with Gasteiger partial charge in [-0.1, -0.05) is 12.6 Å². The van der Waals surface area contributed by atoms with E-state index < -0.39 is 11.7 Å². The quantitative estimate of drug-likeness (QED) is 0.740. The summed E-state index contributed by atoms with van der Waals surface area (Å²) < 4.78 is 18.6. The van der Waals surface area contributed by atoms with E-state index in [4.69, 9.17) is 4.74 Å². The standard InChI is InChI=1S/C19H21FN4O3/c1-12-4-5-15(8-16(12)20)27-11-18(25)21-7-6-13(2)24-19(26)17-10-22-14(3)9-23-17/h4-5,8-10H,2,6-7,11H2,1,3H3,(H,21,25)(H,24,26). The fourth-order valence-electron chi connectivity index (χ4n) is 2.01. The van der Waals surface area contributed by atoms with Gasteiger partial charge in [-0.05, 0) is 25.5 Å². The monoisotopic (exact) mass is 372 g/mol. The maximum absolute atomic E-state index is 13.4. The van der Waals surface area contributed by atoms with E-state index in [2.05, 4.69) is 27.2 Å². The van der Waals surface area contributed by atoms with Gasteiger partial charge in [-0.3, -0.25) is 14.6 Å². The Hall–Kier alpha value is -3.29. The van der Waals surface area contributed by atoms with Gasteiger partial charge in [-0.15, -0.1) is 0 Å². The molecule has 1 heterocycles. The van der Waals surface area contributed by atoms with Crippen LogP contribution >= 0.6 is 0 Å². The summed E-state index contributed by atoms with van der Waals surface area (Å²) in [7, 11) is 0. The molecule has 2 amide bonds. The minimum Gasteiger partial charge on any atom is -0.484 e. The van der Waals surface area contributed by atoms with Crippen LogP contribution in [0.5, 0.6) is 5.75 Å². The van der Waals surface area contributed by atoms with Gasteiger partial charge in [0.2, 0.25) is 0 Å². The van der Waals surface area contributed by atoms with Crippen molar-refractivity contribution in [3.05, 3.63) is 65.6 Å². The van der Waals surface area contributed by atoms with E-state index in [0.29, 0.717) is 23.4 Å². The third-order valence-corrected chi connectivity index (χ3v) is 3.57. The summed E-state index contributed by atoms with van der Waals surface area (Å²) in [4.78, 5) is 31.7. The Kier molecular flexibility index (Phi) is 6.99. The maximum Gasteiger partial charge on any atom is 0.275 e. The van der Waals surface area contributed by atoms with E-state index in [9.17, 15) is 14.0 Å². The van der Waals surface area contributed by atoms with Crippen LogP contribution < -0.4 is 15.4 Å². The molecule has 8 heteroatoms. The molecule has 2 N–H and O–H groups in total. The van der Waals surface area contributed by atoms with E-state index in [-0.39, 0.29) is 30.5 Å².